The average Bonchev–Trinajstić information content (AvgIpc) is 2.93. The molecule has 0 fully saturated rings. The first kappa shape index (κ1) is 11.4. The van der Waals surface area contributed by atoms with Crippen LogP contribution in [0.5, 0.6) is 0 Å². The second-order valence-electron chi connectivity index (χ2n) is 4.50. The molecule has 0 unspecified atom stereocenters. The number of carbonyl (C=O) groups excluding carboxylic acids is 1. The van der Waals surface area contributed by atoms with Gasteiger partial charge in [-0.2, -0.15) is 0 Å². The van der Waals surface area contributed by atoms with E-state index in [1.54, 1.807) is 0 Å². The van der Waals surface area contributed by atoms with Crippen LogP contribution >= 0.6 is 11.3 Å². The van der Waals surface area contributed by atoms with E-state index in [2.05, 4.69) is 11.1 Å². The van der Waals surface area contributed by atoms with Crippen molar-refractivity contribution in [1.82, 2.24) is 4.98 Å². The second kappa shape index (κ2) is 4.21. The van der Waals surface area contributed by atoms with E-state index in [9.17, 15) is 4.79 Å². The van der Waals surface area contributed by atoms with E-state index in [0.717, 1.165) is 29.2 Å². The summed E-state index contributed by atoms with van der Waals surface area (Å²) in [6.07, 6.45) is 0.936. The molecule has 2 heterocycles. The third-order valence-electron chi connectivity index (χ3n) is 3.34. The van der Waals surface area contributed by atoms with E-state index in [1.165, 1.54) is 16.9 Å². The number of thiazole rings is 1. The van der Waals surface area contributed by atoms with Gasteiger partial charge in [0.2, 0.25) is 0 Å². The molecular weight excluding hydrogens is 244 g/mol. The van der Waals surface area contributed by atoms with Crippen LogP contribution in [-0.4, -0.2) is 17.4 Å². The SMILES string of the molecule is Cc1nc(C(=O)N2CCc3ccccc32)sc1C. The number of para-hydroxylation sites is 1. The van der Waals surface area contributed by atoms with E-state index in [4.69, 9.17) is 0 Å². The third kappa shape index (κ3) is 1.73. The molecule has 3 rings (SSSR count). The fourth-order valence-corrected chi connectivity index (χ4v) is 3.09. The summed E-state index contributed by atoms with van der Waals surface area (Å²) >= 11 is 1.48. The molecule has 4 heteroatoms. The number of amides is 1. The molecular formula is C14H14N2OS. The van der Waals surface area contributed by atoms with Gasteiger partial charge >= 0.3 is 0 Å². The predicted octanol–water partition coefficient (Wildman–Crippen LogP) is 2.96. The zero-order chi connectivity index (χ0) is 12.7. The van der Waals surface area contributed by atoms with Crippen LogP contribution in [0.4, 0.5) is 5.69 Å². The van der Waals surface area contributed by atoms with Crippen molar-refractivity contribution in [1.29, 1.82) is 0 Å². The van der Waals surface area contributed by atoms with Gasteiger partial charge in [0, 0.05) is 17.1 Å². The molecule has 3 nitrogen and oxygen atoms in total. The minimum absolute atomic E-state index is 0.0288. The predicted molar refractivity (Wildman–Crippen MR) is 73.4 cm³/mol. The number of carbonyl (C=O) groups is 1. The molecule has 0 saturated heterocycles. The molecule has 0 bridgehead atoms. The van der Waals surface area contributed by atoms with Gasteiger partial charge in [0.1, 0.15) is 0 Å². The summed E-state index contributed by atoms with van der Waals surface area (Å²) in [4.78, 5) is 19.8. The Morgan fingerprint density at radius 1 is 1.33 bits per heavy atom. The number of aromatic nitrogens is 1. The lowest BCUT2D eigenvalue weighted by Gasteiger charge is -2.15. The van der Waals surface area contributed by atoms with Gasteiger partial charge in [0.05, 0.1) is 5.69 Å². The highest BCUT2D eigenvalue weighted by molar-refractivity contribution is 7.13. The normalized spacial score (nSPS) is 13.8. The van der Waals surface area contributed by atoms with Gasteiger partial charge in [0.15, 0.2) is 5.01 Å². The van der Waals surface area contributed by atoms with Crippen molar-refractivity contribution in [3.8, 4) is 0 Å². The van der Waals surface area contributed by atoms with Gasteiger partial charge in [-0.1, -0.05) is 18.2 Å². The fourth-order valence-electron chi connectivity index (χ4n) is 2.23. The number of hydrogen-bond acceptors (Lipinski definition) is 3. The lowest BCUT2D eigenvalue weighted by atomic mass is 10.2. The summed E-state index contributed by atoms with van der Waals surface area (Å²) in [6.45, 7) is 4.71. The maximum Gasteiger partial charge on any atom is 0.287 e. The van der Waals surface area contributed by atoms with Crippen molar-refractivity contribution in [2.24, 2.45) is 0 Å². The molecule has 92 valence electrons. The zero-order valence-electron chi connectivity index (χ0n) is 10.4. The van der Waals surface area contributed by atoms with Gasteiger partial charge in [-0.05, 0) is 31.9 Å². The molecule has 1 amide bonds. The lowest BCUT2D eigenvalue weighted by Crippen LogP contribution is -2.28. The van der Waals surface area contributed by atoms with Crippen LogP contribution in [0.3, 0.4) is 0 Å². The smallest absolute Gasteiger partial charge is 0.287 e. The summed E-state index contributed by atoms with van der Waals surface area (Å²) in [5.41, 5.74) is 3.24. The van der Waals surface area contributed by atoms with E-state index in [-0.39, 0.29) is 5.91 Å². The van der Waals surface area contributed by atoms with Gasteiger partial charge < -0.3 is 4.90 Å². The molecule has 1 aliphatic heterocycles. The molecule has 18 heavy (non-hydrogen) atoms. The Labute approximate surface area is 110 Å². The molecule has 0 atom stereocenters. The van der Waals surface area contributed by atoms with E-state index >= 15 is 0 Å². The number of fused-ring (bicyclic) bond motifs is 1. The molecule has 1 aromatic carbocycles. The monoisotopic (exact) mass is 258 g/mol. The first-order valence-corrected chi connectivity index (χ1v) is 6.82. The topological polar surface area (TPSA) is 33.2 Å². The highest BCUT2D eigenvalue weighted by Gasteiger charge is 2.27. The lowest BCUT2D eigenvalue weighted by molar-refractivity contribution is 0.0989. The number of hydrogen-bond donors (Lipinski definition) is 0. The first-order valence-electron chi connectivity index (χ1n) is 6.00. The number of anilines is 1. The minimum Gasteiger partial charge on any atom is -0.306 e. The average molecular weight is 258 g/mol. The Hall–Kier alpha value is -1.68. The molecule has 0 spiro atoms. The Bertz CT molecular complexity index is 599. The van der Waals surface area contributed by atoms with Crippen molar-refractivity contribution in [2.45, 2.75) is 20.3 Å². The molecule has 2 aromatic rings. The van der Waals surface area contributed by atoms with E-state index < -0.39 is 0 Å². The van der Waals surface area contributed by atoms with E-state index in [0.29, 0.717) is 5.01 Å². The molecule has 1 aliphatic rings. The number of aryl methyl sites for hydroxylation is 2. The van der Waals surface area contributed by atoms with Crippen LogP contribution in [0.2, 0.25) is 0 Å². The van der Waals surface area contributed by atoms with Gasteiger partial charge in [-0.3, -0.25) is 4.79 Å². The maximum atomic E-state index is 12.4. The molecule has 0 radical (unpaired) electrons. The Balaban J connectivity index is 1.95. The fraction of sp³-hybridized carbons (Fsp3) is 0.286. The largest absolute Gasteiger partial charge is 0.306 e. The van der Waals surface area contributed by atoms with Crippen LogP contribution in [0.15, 0.2) is 24.3 Å². The number of rotatable bonds is 1. The maximum absolute atomic E-state index is 12.4. The Morgan fingerprint density at radius 2 is 2.11 bits per heavy atom. The number of benzene rings is 1. The Kier molecular flexibility index (Phi) is 2.67. The van der Waals surface area contributed by atoms with Crippen molar-refractivity contribution in [3.63, 3.8) is 0 Å². The summed E-state index contributed by atoms with van der Waals surface area (Å²) in [7, 11) is 0. The molecule has 0 N–H and O–H groups in total. The van der Waals surface area contributed by atoms with Gasteiger partial charge in [0.25, 0.3) is 5.91 Å². The highest BCUT2D eigenvalue weighted by Crippen LogP contribution is 2.30. The van der Waals surface area contributed by atoms with Crippen molar-refractivity contribution in [2.75, 3.05) is 11.4 Å². The Morgan fingerprint density at radius 3 is 2.83 bits per heavy atom. The summed E-state index contributed by atoms with van der Waals surface area (Å²) in [5.74, 6) is 0.0288. The zero-order valence-corrected chi connectivity index (χ0v) is 11.3. The number of nitrogens with zero attached hydrogens (tertiary/aromatic N) is 2. The van der Waals surface area contributed by atoms with E-state index in [1.807, 2.05) is 36.9 Å². The third-order valence-corrected chi connectivity index (χ3v) is 4.40. The van der Waals surface area contributed by atoms with Crippen LogP contribution in [-0.2, 0) is 6.42 Å². The molecule has 1 aromatic heterocycles. The van der Waals surface area contributed by atoms with Crippen LogP contribution in [0.1, 0.15) is 25.9 Å². The first-order chi connectivity index (χ1) is 8.66. The van der Waals surface area contributed by atoms with Gasteiger partial charge in [-0.25, -0.2) is 4.98 Å². The van der Waals surface area contributed by atoms with Crippen molar-refractivity contribution in [3.05, 3.63) is 45.4 Å². The standard InChI is InChI=1S/C14H14N2OS/c1-9-10(2)18-13(15-9)14(17)16-8-7-11-5-3-4-6-12(11)16/h3-6H,7-8H2,1-2H3. The van der Waals surface area contributed by atoms with Crippen molar-refractivity contribution < 1.29 is 4.79 Å². The summed E-state index contributed by atoms with van der Waals surface area (Å²) < 4.78 is 0. The second-order valence-corrected chi connectivity index (χ2v) is 5.70. The molecule has 0 aliphatic carbocycles. The van der Waals surface area contributed by atoms with Gasteiger partial charge in [-0.15, -0.1) is 11.3 Å². The molecule has 0 saturated carbocycles. The highest BCUT2D eigenvalue weighted by atomic mass is 32.1. The van der Waals surface area contributed by atoms with Crippen LogP contribution in [0.25, 0.3) is 0 Å². The van der Waals surface area contributed by atoms with Crippen LogP contribution < -0.4 is 4.90 Å². The summed E-state index contributed by atoms with van der Waals surface area (Å²) in [5, 5.41) is 0.599. The quantitative estimate of drug-likeness (QED) is 0.788. The minimum atomic E-state index is 0.0288. The summed E-state index contributed by atoms with van der Waals surface area (Å²) in [6, 6.07) is 8.09. The van der Waals surface area contributed by atoms with Crippen molar-refractivity contribution >= 4 is 22.9 Å². The van der Waals surface area contributed by atoms with Crippen LogP contribution in [0, 0.1) is 13.8 Å².